The summed E-state index contributed by atoms with van der Waals surface area (Å²) in [4.78, 5) is 0. The molecule has 2 aliphatic rings. The Morgan fingerprint density at radius 2 is 1.68 bits per heavy atom. The molecule has 1 aromatic carbocycles. The SMILES string of the molecule is CC1[C@@H](C)[C@H]2OC(c3ccccc3)OCC2O[C@@H]1C. The maximum Gasteiger partial charge on any atom is 0.184 e. The van der Waals surface area contributed by atoms with Gasteiger partial charge in [0.2, 0.25) is 0 Å². The fourth-order valence-electron chi connectivity index (χ4n) is 3.04. The van der Waals surface area contributed by atoms with E-state index in [1.54, 1.807) is 0 Å². The molecule has 6 atom stereocenters. The number of fused-ring (bicyclic) bond motifs is 1. The zero-order valence-corrected chi connectivity index (χ0v) is 11.8. The molecule has 3 unspecified atom stereocenters. The first-order valence-electron chi connectivity index (χ1n) is 7.14. The summed E-state index contributed by atoms with van der Waals surface area (Å²) in [6, 6.07) is 10.1. The van der Waals surface area contributed by atoms with Crippen molar-refractivity contribution >= 4 is 0 Å². The number of benzene rings is 1. The van der Waals surface area contributed by atoms with Crippen molar-refractivity contribution in [1.82, 2.24) is 0 Å². The molecule has 0 aliphatic carbocycles. The van der Waals surface area contributed by atoms with E-state index in [9.17, 15) is 0 Å². The van der Waals surface area contributed by atoms with Crippen LogP contribution < -0.4 is 0 Å². The van der Waals surface area contributed by atoms with Gasteiger partial charge in [-0.25, -0.2) is 0 Å². The first kappa shape index (κ1) is 13.1. The Bertz CT molecular complexity index is 417. The van der Waals surface area contributed by atoms with Crippen LogP contribution in [0, 0.1) is 11.8 Å². The molecule has 0 amide bonds. The number of ether oxygens (including phenoxy) is 3. The molecule has 2 fully saturated rings. The monoisotopic (exact) mass is 262 g/mol. The van der Waals surface area contributed by atoms with Crippen molar-refractivity contribution in [1.29, 1.82) is 0 Å². The van der Waals surface area contributed by atoms with Crippen molar-refractivity contribution in [3.63, 3.8) is 0 Å². The van der Waals surface area contributed by atoms with Crippen LogP contribution in [0.25, 0.3) is 0 Å². The average Bonchev–Trinajstić information content (AvgIpc) is 2.46. The van der Waals surface area contributed by atoms with Gasteiger partial charge in [-0.1, -0.05) is 44.2 Å². The standard InChI is InChI=1S/C16H22O3/c1-10-11(2)15-14(18-12(10)3)9-17-16(19-15)13-7-5-4-6-8-13/h4-8,10-12,14-16H,9H2,1-3H3/t10?,11-,12-,14?,15-,16?/m1/s1. The predicted octanol–water partition coefficient (Wildman–Crippen LogP) is 3.16. The van der Waals surface area contributed by atoms with Crippen molar-refractivity contribution < 1.29 is 14.2 Å². The molecule has 3 rings (SSSR count). The highest BCUT2D eigenvalue weighted by atomic mass is 16.7. The number of hydrogen-bond donors (Lipinski definition) is 0. The van der Waals surface area contributed by atoms with Crippen molar-refractivity contribution in [2.75, 3.05) is 6.61 Å². The molecule has 2 heterocycles. The molecule has 0 saturated carbocycles. The minimum absolute atomic E-state index is 0.0705. The molecular weight excluding hydrogens is 240 g/mol. The van der Waals surface area contributed by atoms with Crippen LogP contribution in [0.5, 0.6) is 0 Å². The maximum atomic E-state index is 6.16. The average molecular weight is 262 g/mol. The highest BCUT2D eigenvalue weighted by Crippen LogP contribution is 2.38. The fourth-order valence-corrected chi connectivity index (χ4v) is 3.04. The van der Waals surface area contributed by atoms with Gasteiger partial charge in [0.05, 0.1) is 18.8 Å². The molecule has 2 saturated heterocycles. The molecule has 0 N–H and O–H groups in total. The number of rotatable bonds is 1. The van der Waals surface area contributed by atoms with Crippen LogP contribution in [0.3, 0.4) is 0 Å². The second kappa shape index (κ2) is 5.23. The minimum Gasteiger partial charge on any atom is -0.370 e. The first-order chi connectivity index (χ1) is 9.16. The van der Waals surface area contributed by atoms with Gasteiger partial charge < -0.3 is 14.2 Å². The van der Waals surface area contributed by atoms with Gasteiger partial charge in [0, 0.05) is 5.56 Å². The third-order valence-corrected chi connectivity index (χ3v) is 4.61. The first-order valence-corrected chi connectivity index (χ1v) is 7.14. The van der Waals surface area contributed by atoms with Gasteiger partial charge in [0.25, 0.3) is 0 Å². The molecule has 2 aliphatic heterocycles. The molecule has 3 nitrogen and oxygen atoms in total. The van der Waals surface area contributed by atoms with Gasteiger partial charge in [-0.3, -0.25) is 0 Å². The molecule has 3 heteroatoms. The van der Waals surface area contributed by atoms with E-state index in [0.717, 1.165) is 5.56 Å². The maximum absolute atomic E-state index is 6.16. The molecule has 0 spiro atoms. The third-order valence-electron chi connectivity index (χ3n) is 4.61. The van der Waals surface area contributed by atoms with Gasteiger partial charge >= 0.3 is 0 Å². The van der Waals surface area contributed by atoms with Crippen molar-refractivity contribution in [3.8, 4) is 0 Å². The normalized spacial score (nSPS) is 42.7. The molecule has 104 valence electrons. The zero-order chi connectivity index (χ0) is 13.4. The second-order valence-corrected chi connectivity index (χ2v) is 5.77. The lowest BCUT2D eigenvalue weighted by Gasteiger charge is -2.47. The van der Waals surface area contributed by atoms with Crippen LogP contribution in [-0.4, -0.2) is 24.9 Å². The summed E-state index contributed by atoms with van der Waals surface area (Å²) < 4.78 is 18.0. The van der Waals surface area contributed by atoms with Crippen LogP contribution in [0.1, 0.15) is 32.6 Å². The smallest absolute Gasteiger partial charge is 0.184 e. The van der Waals surface area contributed by atoms with Crippen LogP contribution in [-0.2, 0) is 14.2 Å². The van der Waals surface area contributed by atoms with Gasteiger partial charge in [0.1, 0.15) is 6.10 Å². The van der Waals surface area contributed by atoms with Crippen LogP contribution in [0.15, 0.2) is 30.3 Å². The Labute approximate surface area is 114 Å². The van der Waals surface area contributed by atoms with Gasteiger partial charge in [-0.2, -0.15) is 0 Å². The quantitative estimate of drug-likeness (QED) is 0.778. The minimum atomic E-state index is -0.255. The van der Waals surface area contributed by atoms with E-state index in [-0.39, 0.29) is 24.6 Å². The largest absolute Gasteiger partial charge is 0.370 e. The molecular formula is C16H22O3. The molecule has 0 aromatic heterocycles. The van der Waals surface area contributed by atoms with Gasteiger partial charge in [-0.05, 0) is 18.8 Å². The van der Waals surface area contributed by atoms with Crippen LogP contribution in [0.4, 0.5) is 0 Å². The van der Waals surface area contributed by atoms with Crippen LogP contribution in [0.2, 0.25) is 0 Å². The van der Waals surface area contributed by atoms with E-state index in [2.05, 4.69) is 20.8 Å². The summed E-state index contributed by atoms with van der Waals surface area (Å²) in [6.45, 7) is 7.25. The van der Waals surface area contributed by atoms with Crippen molar-refractivity contribution in [2.24, 2.45) is 11.8 Å². The fraction of sp³-hybridized carbons (Fsp3) is 0.625. The van der Waals surface area contributed by atoms with E-state index in [0.29, 0.717) is 18.4 Å². The highest BCUT2D eigenvalue weighted by Gasteiger charge is 2.44. The topological polar surface area (TPSA) is 27.7 Å². The molecule has 0 bridgehead atoms. The summed E-state index contributed by atoms with van der Waals surface area (Å²) >= 11 is 0. The summed E-state index contributed by atoms with van der Waals surface area (Å²) in [5, 5.41) is 0. The lowest BCUT2D eigenvalue weighted by atomic mass is 9.81. The zero-order valence-electron chi connectivity index (χ0n) is 11.8. The molecule has 1 aromatic rings. The molecule has 0 radical (unpaired) electrons. The highest BCUT2D eigenvalue weighted by molar-refractivity contribution is 5.16. The van der Waals surface area contributed by atoms with E-state index in [4.69, 9.17) is 14.2 Å². The summed E-state index contributed by atoms with van der Waals surface area (Å²) in [5.74, 6) is 1.000. The second-order valence-electron chi connectivity index (χ2n) is 5.77. The van der Waals surface area contributed by atoms with Gasteiger partial charge in [-0.15, -0.1) is 0 Å². The Morgan fingerprint density at radius 1 is 0.947 bits per heavy atom. The van der Waals surface area contributed by atoms with Crippen molar-refractivity contribution in [2.45, 2.75) is 45.4 Å². The summed E-state index contributed by atoms with van der Waals surface area (Å²) in [5.41, 5.74) is 1.08. The van der Waals surface area contributed by atoms with Gasteiger partial charge in [0.15, 0.2) is 6.29 Å². The third kappa shape index (κ3) is 2.42. The predicted molar refractivity (Wildman–Crippen MR) is 72.7 cm³/mol. The Hall–Kier alpha value is -0.900. The Kier molecular flexibility index (Phi) is 3.61. The van der Waals surface area contributed by atoms with Crippen LogP contribution >= 0.6 is 0 Å². The summed E-state index contributed by atoms with van der Waals surface area (Å²) in [7, 11) is 0. The lowest BCUT2D eigenvalue weighted by Crippen LogP contribution is -2.54. The van der Waals surface area contributed by atoms with E-state index in [1.165, 1.54) is 0 Å². The summed E-state index contributed by atoms with van der Waals surface area (Å²) in [6.07, 6.45) is 0.220. The van der Waals surface area contributed by atoms with E-state index in [1.807, 2.05) is 30.3 Å². The Balaban J connectivity index is 1.75. The van der Waals surface area contributed by atoms with E-state index >= 15 is 0 Å². The van der Waals surface area contributed by atoms with Crippen molar-refractivity contribution in [3.05, 3.63) is 35.9 Å². The lowest BCUT2D eigenvalue weighted by molar-refractivity contribution is -0.308. The van der Waals surface area contributed by atoms with E-state index < -0.39 is 0 Å². The Morgan fingerprint density at radius 3 is 2.42 bits per heavy atom. The molecule has 19 heavy (non-hydrogen) atoms. The number of hydrogen-bond acceptors (Lipinski definition) is 3.